The molecule has 2 aromatic rings. The normalized spacial score (nSPS) is 17.9. The standard InChI is InChI=1S/C26H25Cl3N2O5/c1-2-35-22-12-15(11-21(29)23(22)36-14-16-8-9-17(27)13-20(16)28)10-19-24(32)30-26(34)31(25(19)33)18-6-4-3-5-7-18/h8-13,18H,2-7,14H2,1H3,(H,30,32,34). The van der Waals surface area contributed by atoms with Gasteiger partial charge in [-0.15, -0.1) is 0 Å². The summed E-state index contributed by atoms with van der Waals surface area (Å²) in [5.74, 6) is -0.720. The Morgan fingerprint density at radius 3 is 2.44 bits per heavy atom. The van der Waals surface area contributed by atoms with Crippen LogP contribution in [0, 0.1) is 0 Å². The second-order valence-electron chi connectivity index (χ2n) is 8.57. The highest BCUT2D eigenvalue weighted by Crippen LogP contribution is 2.38. The maximum absolute atomic E-state index is 13.2. The number of hydrogen-bond acceptors (Lipinski definition) is 5. The van der Waals surface area contributed by atoms with Crippen molar-refractivity contribution in [2.45, 2.75) is 51.7 Å². The topological polar surface area (TPSA) is 84.9 Å². The molecule has 4 rings (SSSR count). The molecule has 2 aromatic carbocycles. The molecule has 0 unspecified atom stereocenters. The summed E-state index contributed by atoms with van der Waals surface area (Å²) >= 11 is 18.7. The fourth-order valence-electron chi connectivity index (χ4n) is 4.37. The average molecular weight is 552 g/mol. The third-order valence-corrected chi connectivity index (χ3v) is 6.97. The van der Waals surface area contributed by atoms with E-state index in [2.05, 4.69) is 5.32 Å². The lowest BCUT2D eigenvalue weighted by molar-refractivity contribution is -0.132. The lowest BCUT2D eigenvalue weighted by Gasteiger charge is -2.35. The predicted molar refractivity (Wildman–Crippen MR) is 139 cm³/mol. The molecule has 2 aliphatic rings. The predicted octanol–water partition coefficient (Wildman–Crippen LogP) is 6.42. The van der Waals surface area contributed by atoms with Gasteiger partial charge in [0.1, 0.15) is 12.2 Å². The number of barbiturate groups is 1. The van der Waals surface area contributed by atoms with Crippen molar-refractivity contribution < 1.29 is 23.9 Å². The third-order valence-electron chi connectivity index (χ3n) is 6.10. The van der Waals surface area contributed by atoms with Crippen LogP contribution in [0.25, 0.3) is 6.08 Å². The molecule has 7 nitrogen and oxygen atoms in total. The summed E-state index contributed by atoms with van der Waals surface area (Å²) in [6.07, 6.45) is 5.80. The number of carbonyl (C=O) groups is 3. The summed E-state index contributed by atoms with van der Waals surface area (Å²) in [4.78, 5) is 39.4. The second-order valence-corrected chi connectivity index (χ2v) is 9.82. The van der Waals surface area contributed by atoms with Gasteiger partial charge >= 0.3 is 6.03 Å². The van der Waals surface area contributed by atoms with E-state index in [0.29, 0.717) is 39.3 Å². The number of halogens is 3. The molecule has 1 aliphatic carbocycles. The molecule has 0 radical (unpaired) electrons. The Bertz CT molecular complexity index is 1220. The number of urea groups is 1. The first-order valence-corrected chi connectivity index (χ1v) is 12.9. The number of amides is 4. The van der Waals surface area contributed by atoms with Crippen molar-refractivity contribution in [3.05, 3.63) is 62.1 Å². The van der Waals surface area contributed by atoms with Crippen LogP contribution >= 0.6 is 34.8 Å². The third kappa shape index (κ3) is 5.80. The van der Waals surface area contributed by atoms with E-state index in [9.17, 15) is 14.4 Å². The van der Waals surface area contributed by atoms with Gasteiger partial charge in [0.05, 0.1) is 11.6 Å². The van der Waals surface area contributed by atoms with Crippen LogP contribution in [0.15, 0.2) is 35.9 Å². The van der Waals surface area contributed by atoms with Gasteiger partial charge in [-0.2, -0.15) is 0 Å². The monoisotopic (exact) mass is 550 g/mol. The molecule has 0 bridgehead atoms. The number of carbonyl (C=O) groups excluding carboxylic acids is 3. The zero-order valence-corrected chi connectivity index (χ0v) is 21.9. The van der Waals surface area contributed by atoms with Crippen molar-refractivity contribution in [2.75, 3.05) is 6.61 Å². The first kappa shape index (κ1) is 26.3. The number of ether oxygens (including phenoxy) is 2. The molecular formula is C26H25Cl3N2O5. The molecule has 1 N–H and O–H groups in total. The quantitative estimate of drug-likeness (QED) is 0.317. The Balaban J connectivity index is 1.62. The summed E-state index contributed by atoms with van der Waals surface area (Å²) in [6, 6.07) is 7.38. The molecule has 1 saturated carbocycles. The molecule has 36 heavy (non-hydrogen) atoms. The van der Waals surface area contributed by atoms with Gasteiger partial charge in [0, 0.05) is 21.7 Å². The van der Waals surface area contributed by atoms with Crippen molar-refractivity contribution in [1.29, 1.82) is 0 Å². The molecular weight excluding hydrogens is 527 g/mol. The summed E-state index contributed by atoms with van der Waals surface area (Å²) in [7, 11) is 0. The van der Waals surface area contributed by atoms with Gasteiger partial charge in [-0.25, -0.2) is 4.79 Å². The van der Waals surface area contributed by atoms with Crippen LogP contribution in [0.1, 0.15) is 50.2 Å². The lowest BCUT2D eigenvalue weighted by Crippen LogP contribution is -2.58. The Morgan fingerprint density at radius 1 is 1.00 bits per heavy atom. The van der Waals surface area contributed by atoms with E-state index in [4.69, 9.17) is 44.3 Å². The highest BCUT2D eigenvalue weighted by molar-refractivity contribution is 6.35. The molecule has 1 saturated heterocycles. The summed E-state index contributed by atoms with van der Waals surface area (Å²) in [6.45, 7) is 2.26. The van der Waals surface area contributed by atoms with Crippen LogP contribution in [0.3, 0.4) is 0 Å². The molecule has 0 aromatic heterocycles. The van der Waals surface area contributed by atoms with E-state index >= 15 is 0 Å². The van der Waals surface area contributed by atoms with Gasteiger partial charge in [0.15, 0.2) is 11.5 Å². The van der Waals surface area contributed by atoms with Crippen LogP contribution in [-0.4, -0.2) is 35.4 Å². The maximum Gasteiger partial charge on any atom is 0.331 e. The first-order chi connectivity index (χ1) is 17.3. The lowest BCUT2D eigenvalue weighted by atomic mass is 9.93. The largest absolute Gasteiger partial charge is 0.490 e. The SMILES string of the molecule is CCOc1cc(C=C2C(=O)NC(=O)N(C3CCCCC3)C2=O)cc(Cl)c1OCc1ccc(Cl)cc1Cl. The van der Waals surface area contributed by atoms with E-state index in [1.807, 2.05) is 6.92 Å². The van der Waals surface area contributed by atoms with Gasteiger partial charge in [0.25, 0.3) is 11.8 Å². The molecule has 0 spiro atoms. The maximum atomic E-state index is 13.2. The fourth-order valence-corrected chi connectivity index (χ4v) is 5.11. The Morgan fingerprint density at radius 2 is 1.75 bits per heavy atom. The Labute approximate surface area is 224 Å². The van der Waals surface area contributed by atoms with Gasteiger partial charge in [-0.1, -0.05) is 60.1 Å². The number of imide groups is 2. The van der Waals surface area contributed by atoms with E-state index in [-0.39, 0.29) is 23.2 Å². The highest BCUT2D eigenvalue weighted by Gasteiger charge is 2.40. The number of nitrogens with one attached hydrogen (secondary N) is 1. The van der Waals surface area contributed by atoms with Crippen molar-refractivity contribution >= 4 is 58.7 Å². The van der Waals surface area contributed by atoms with Crippen molar-refractivity contribution in [2.24, 2.45) is 0 Å². The molecule has 1 heterocycles. The van der Waals surface area contributed by atoms with Gasteiger partial charge in [-0.3, -0.25) is 19.8 Å². The molecule has 0 atom stereocenters. The first-order valence-electron chi connectivity index (χ1n) is 11.7. The zero-order valence-electron chi connectivity index (χ0n) is 19.6. The highest BCUT2D eigenvalue weighted by atomic mass is 35.5. The number of hydrogen-bond donors (Lipinski definition) is 1. The van der Waals surface area contributed by atoms with Crippen molar-refractivity contribution in [3.63, 3.8) is 0 Å². The number of benzene rings is 2. The Hall–Kier alpha value is -2.74. The van der Waals surface area contributed by atoms with Gasteiger partial charge < -0.3 is 9.47 Å². The van der Waals surface area contributed by atoms with Crippen LogP contribution < -0.4 is 14.8 Å². The van der Waals surface area contributed by atoms with Crippen LogP contribution in [0.5, 0.6) is 11.5 Å². The summed E-state index contributed by atoms with van der Waals surface area (Å²) in [5, 5.41) is 3.48. The van der Waals surface area contributed by atoms with Crippen LogP contribution in [0.2, 0.25) is 15.1 Å². The van der Waals surface area contributed by atoms with E-state index in [0.717, 1.165) is 32.1 Å². The smallest absolute Gasteiger partial charge is 0.331 e. The Kier molecular flexibility index (Phi) is 8.44. The summed E-state index contributed by atoms with van der Waals surface area (Å²) in [5.41, 5.74) is 1.03. The van der Waals surface area contributed by atoms with Gasteiger partial charge in [-0.05, 0) is 55.7 Å². The van der Waals surface area contributed by atoms with Crippen LogP contribution in [-0.2, 0) is 16.2 Å². The molecule has 1 aliphatic heterocycles. The minimum atomic E-state index is -0.746. The fraction of sp³-hybridized carbons (Fsp3) is 0.346. The molecule has 4 amide bonds. The van der Waals surface area contributed by atoms with Gasteiger partial charge in [0.2, 0.25) is 0 Å². The second kappa shape index (κ2) is 11.5. The average Bonchev–Trinajstić information content (AvgIpc) is 2.83. The van der Waals surface area contributed by atoms with Crippen LogP contribution in [0.4, 0.5) is 4.79 Å². The molecule has 190 valence electrons. The van der Waals surface area contributed by atoms with E-state index < -0.39 is 17.8 Å². The minimum Gasteiger partial charge on any atom is -0.490 e. The van der Waals surface area contributed by atoms with E-state index in [1.165, 1.54) is 11.0 Å². The van der Waals surface area contributed by atoms with Crippen molar-refractivity contribution in [1.82, 2.24) is 10.2 Å². The molecule has 10 heteroatoms. The zero-order chi connectivity index (χ0) is 25.8. The van der Waals surface area contributed by atoms with E-state index in [1.54, 1.807) is 30.3 Å². The number of rotatable bonds is 7. The van der Waals surface area contributed by atoms with Crippen molar-refractivity contribution in [3.8, 4) is 11.5 Å². The molecule has 2 fully saturated rings. The number of nitrogens with zero attached hydrogens (tertiary/aromatic N) is 1. The minimum absolute atomic E-state index is 0.121. The summed E-state index contributed by atoms with van der Waals surface area (Å²) < 4.78 is 11.7.